The summed E-state index contributed by atoms with van der Waals surface area (Å²) in [5.74, 6) is 0.206. The van der Waals surface area contributed by atoms with Crippen molar-refractivity contribution in [3.05, 3.63) is 82.6 Å². The molecule has 0 atom stereocenters. The van der Waals surface area contributed by atoms with Crippen LogP contribution in [-0.2, 0) is 11.3 Å². The van der Waals surface area contributed by atoms with Crippen molar-refractivity contribution < 1.29 is 14.3 Å². The minimum absolute atomic E-state index is 0.00901. The molecular weight excluding hydrogens is 422 g/mol. The molecule has 2 aromatic carbocycles. The Hall–Kier alpha value is -3.19. The van der Waals surface area contributed by atoms with Gasteiger partial charge in [-0.05, 0) is 48.0 Å². The van der Waals surface area contributed by atoms with Crippen LogP contribution in [0.15, 0.2) is 71.5 Å². The molecule has 0 fully saturated rings. The number of pyridine rings is 1. The molecule has 0 aliphatic carbocycles. The molecule has 1 aliphatic heterocycles. The minimum atomic E-state index is -0.268. The maximum Gasteiger partial charge on any atom is 0.265 e. The van der Waals surface area contributed by atoms with Gasteiger partial charge < -0.3 is 15.0 Å². The number of hydrogen-bond acceptors (Lipinski definition) is 4. The number of nitrogens with zero attached hydrogens (tertiary/aromatic N) is 2. The summed E-state index contributed by atoms with van der Waals surface area (Å²) in [5, 5.41) is 2.84. The zero-order valence-corrected chi connectivity index (χ0v) is 16.3. The van der Waals surface area contributed by atoms with Crippen molar-refractivity contribution in [1.29, 1.82) is 0 Å². The normalized spacial score (nSPS) is 12.9. The maximum absolute atomic E-state index is 12.5. The third-order valence-electron chi connectivity index (χ3n) is 4.34. The molecule has 0 saturated heterocycles. The molecule has 1 N–H and O–H groups in total. The van der Waals surface area contributed by atoms with Crippen molar-refractivity contribution in [2.45, 2.75) is 6.54 Å². The van der Waals surface area contributed by atoms with Gasteiger partial charge in [0, 0.05) is 22.6 Å². The zero-order valence-electron chi connectivity index (χ0n) is 14.8. The smallest absolute Gasteiger partial charge is 0.265 e. The molecule has 0 radical (unpaired) electrons. The monoisotopic (exact) mass is 437 g/mol. The molecule has 28 heavy (non-hydrogen) atoms. The van der Waals surface area contributed by atoms with Crippen LogP contribution >= 0.6 is 15.9 Å². The molecule has 7 heteroatoms. The van der Waals surface area contributed by atoms with Gasteiger partial charge in [0.2, 0.25) is 0 Å². The lowest BCUT2D eigenvalue weighted by Crippen LogP contribution is -2.38. The van der Waals surface area contributed by atoms with E-state index in [0.717, 1.165) is 10.0 Å². The lowest BCUT2D eigenvalue weighted by molar-refractivity contribution is -0.121. The number of aromatic nitrogens is 1. The average Bonchev–Trinajstić information content (AvgIpc) is 2.72. The summed E-state index contributed by atoms with van der Waals surface area (Å²) >= 11 is 3.41. The number of amides is 2. The van der Waals surface area contributed by atoms with E-state index in [0.29, 0.717) is 29.2 Å². The summed E-state index contributed by atoms with van der Waals surface area (Å²) in [6.07, 6.45) is 3.11. The minimum Gasteiger partial charge on any atom is -0.482 e. The predicted octanol–water partition coefficient (Wildman–Crippen LogP) is 4.02. The van der Waals surface area contributed by atoms with Crippen molar-refractivity contribution in [2.24, 2.45) is 0 Å². The van der Waals surface area contributed by atoms with Gasteiger partial charge in [0.25, 0.3) is 11.8 Å². The summed E-state index contributed by atoms with van der Waals surface area (Å²) in [7, 11) is 0. The van der Waals surface area contributed by atoms with Gasteiger partial charge in [-0.25, -0.2) is 0 Å². The van der Waals surface area contributed by atoms with E-state index < -0.39 is 0 Å². The van der Waals surface area contributed by atoms with Crippen LogP contribution in [0, 0.1) is 0 Å². The number of halogens is 1. The highest BCUT2D eigenvalue weighted by Crippen LogP contribution is 2.35. The Balaban J connectivity index is 1.60. The molecular formula is C21H16BrN3O3. The molecule has 1 aliphatic rings. The molecule has 0 bridgehead atoms. The van der Waals surface area contributed by atoms with Crippen LogP contribution in [0.4, 0.5) is 11.4 Å². The number of ether oxygens (including phenoxy) is 1. The molecule has 2 heterocycles. The van der Waals surface area contributed by atoms with Crippen LogP contribution in [0.2, 0.25) is 0 Å². The predicted molar refractivity (Wildman–Crippen MR) is 109 cm³/mol. The fourth-order valence-electron chi connectivity index (χ4n) is 2.93. The molecule has 0 spiro atoms. The molecule has 0 unspecified atom stereocenters. The number of anilines is 2. The van der Waals surface area contributed by atoms with Crippen molar-refractivity contribution in [1.82, 2.24) is 4.98 Å². The first-order valence-corrected chi connectivity index (χ1v) is 9.42. The molecule has 140 valence electrons. The third-order valence-corrected chi connectivity index (χ3v) is 4.87. The van der Waals surface area contributed by atoms with Gasteiger partial charge in [-0.3, -0.25) is 14.6 Å². The number of benzene rings is 2. The fourth-order valence-corrected chi connectivity index (χ4v) is 3.19. The molecule has 6 nitrogen and oxygen atoms in total. The number of rotatable bonds is 4. The molecule has 0 saturated carbocycles. The van der Waals surface area contributed by atoms with Gasteiger partial charge in [0.1, 0.15) is 5.75 Å². The molecule has 2 amide bonds. The van der Waals surface area contributed by atoms with Gasteiger partial charge in [-0.1, -0.05) is 28.1 Å². The number of carbonyl (C=O) groups excluding carboxylic acids is 2. The summed E-state index contributed by atoms with van der Waals surface area (Å²) in [5.41, 5.74) is 2.66. The SMILES string of the molecule is O=C(Nc1ccc2c(c1)N(Cc1ccc(Br)cc1)C(=O)CO2)c1cccnc1. The van der Waals surface area contributed by atoms with Gasteiger partial charge in [-0.15, -0.1) is 0 Å². The van der Waals surface area contributed by atoms with Crippen LogP contribution < -0.4 is 15.0 Å². The zero-order chi connectivity index (χ0) is 19.5. The van der Waals surface area contributed by atoms with E-state index in [9.17, 15) is 9.59 Å². The van der Waals surface area contributed by atoms with Crippen molar-refractivity contribution >= 4 is 39.1 Å². The fraction of sp³-hybridized carbons (Fsp3) is 0.0952. The second-order valence-electron chi connectivity index (χ2n) is 6.27. The van der Waals surface area contributed by atoms with E-state index in [2.05, 4.69) is 26.2 Å². The van der Waals surface area contributed by atoms with E-state index in [4.69, 9.17) is 4.74 Å². The standard InChI is InChI=1S/C21H16BrN3O3/c22-16-5-3-14(4-6-16)12-25-18-10-17(7-8-19(18)28-13-20(25)26)24-21(27)15-2-1-9-23-11-15/h1-11H,12-13H2,(H,24,27). The van der Waals surface area contributed by atoms with Crippen LogP contribution in [0.25, 0.3) is 0 Å². The number of carbonyl (C=O) groups is 2. The first kappa shape index (κ1) is 18.2. The first-order valence-electron chi connectivity index (χ1n) is 8.63. The van der Waals surface area contributed by atoms with E-state index in [-0.39, 0.29) is 18.4 Å². The highest BCUT2D eigenvalue weighted by Gasteiger charge is 2.26. The van der Waals surface area contributed by atoms with Gasteiger partial charge >= 0.3 is 0 Å². The highest BCUT2D eigenvalue weighted by atomic mass is 79.9. The first-order chi connectivity index (χ1) is 13.6. The summed E-state index contributed by atoms with van der Waals surface area (Å²) in [6, 6.07) is 16.4. The Bertz CT molecular complexity index is 1020. The second kappa shape index (κ2) is 7.82. The molecule has 4 rings (SSSR count). The lowest BCUT2D eigenvalue weighted by atomic mass is 10.1. The lowest BCUT2D eigenvalue weighted by Gasteiger charge is -2.30. The van der Waals surface area contributed by atoms with E-state index >= 15 is 0 Å². The van der Waals surface area contributed by atoms with Gasteiger partial charge in [0.05, 0.1) is 17.8 Å². The second-order valence-corrected chi connectivity index (χ2v) is 7.19. The van der Waals surface area contributed by atoms with Crippen LogP contribution in [0.5, 0.6) is 5.75 Å². The summed E-state index contributed by atoms with van der Waals surface area (Å²) in [6.45, 7) is 0.410. The van der Waals surface area contributed by atoms with Crippen molar-refractivity contribution in [3.8, 4) is 5.75 Å². The maximum atomic E-state index is 12.5. The van der Waals surface area contributed by atoms with Crippen molar-refractivity contribution in [2.75, 3.05) is 16.8 Å². The van der Waals surface area contributed by atoms with E-state index in [1.807, 2.05) is 24.3 Å². The number of hydrogen-bond donors (Lipinski definition) is 1. The summed E-state index contributed by atoms with van der Waals surface area (Å²) < 4.78 is 6.52. The Kier molecular flexibility index (Phi) is 5.08. The van der Waals surface area contributed by atoms with Crippen LogP contribution in [0.1, 0.15) is 15.9 Å². The Morgan fingerprint density at radius 2 is 2.00 bits per heavy atom. The number of nitrogens with one attached hydrogen (secondary N) is 1. The van der Waals surface area contributed by atoms with E-state index in [1.165, 1.54) is 6.20 Å². The Labute approximate surface area is 170 Å². The molecule has 1 aromatic heterocycles. The van der Waals surface area contributed by atoms with Gasteiger partial charge in [-0.2, -0.15) is 0 Å². The Morgan fingerprint density at radius 3 is 2.75 bits per heavy atom. The quantitative estimate of drug-likeness (QED) is 0.668. The largest absolute Gasteiger partial charge is 0.482 e. The summed E-state index contributed by atoms with van der Waals surface area (Å²) in [4.78, 5) is 30.5. The average molecular weight is 438 g/mol. The van der Waals surface area contributed by atoms with Crippen molar-refractivity contribution in [3.63, 3.8) is 0 Å². The highest BCUT2D eigenvalue weighted by molar-refractivity contribution is 9.10. The third kappa shape index (κ3) is 3.89. The van der Waals surface area contributed by atoms with Crippen LogP contribution in [0.3, 0.4) is 0 Å². The van der Waals surface area contributed by atoms with E-state index in [1.54, 1.807) is 41.4 Å². The topological polar surface area (TPSA) is 71.5 Å². The van der Waals surface area contributed by atoms with Gasteiger partial charge in [0.15, 0.2) is 6.61 Å². The number of fused-ring (bicyclic) bond motifs is 1. The van der Waals surface area contributed by atoms with Crippen LogP contribution in [-0.4, -0.2) is 23.4 Å². The molecule has 3 aromatic rings. The Morgan fingerprint density at radius 1 is 1.18 bits per heavy atom.